The molecule has 1 aromatic rings. The second kappa shape index (κ2) is 5.82. The Labute approximate surface area is 102 Å². The van der Waals surface area contributed by atoms with Gasteiger partial charge in [0.2, 0.25) is 5.88 Å². The monoisotopic (exact) mass is 236 g/mol. The third-order valence-electron chi connectivity index (χ3n) is 3.39. The average molecular weight is 236 g/mol. The van der Waals surface area contributed by atoms with Crippen molar-refractivity contribution in [3.05, 3.63) is 12.4 Å². The minimum Gasteiger partial charge on any atom is -0.474 e. The first-order chi connectivity index (χ1) is 8.31. The number of nitrogens with zero attached hydrogens (tertiary/aromatic N) is 2. The molecule has 0 saturated heterocycles. The predicted octanol–water partition coefficient (Wildman–Crippen LogP) is 2.11. The van der Waals surface area contributed by atoms with Crippen LogP contribution in [0.3, 0.4) is 0 Å². The Hall–Kier alpha value is -1.36. The number of hydrogen-bond donors (Lipinski definition) is 2. The van der Waals surface area contributed by atoms with Gasteiger partial charge in [-0.2, -0.15) is 0 Å². The minimum absolute atomic E-state index is 0.286. The van der Waals surface area contributed by atoms with Gasteiger partial charge in [-0.05, 0) is 25.2 Å². The van der Waals surface area contributed by atoms with E-state index < -0.39 is 0 Å². The van der Waals surface area contributed by atoms with Crippen LogP contribution in [0, 0.1) is 5.92 Å². The fraction of sp³-hybridized carbons (Fsp3) is 0.667. The van der Waals surface area contributed by atoms with Crippen LogP contribution in [0.5, 0.6) is 5.88 Å². The van der Waals surface area contributed by atoms with E-state index in [1.165, 1.54) is 25.6 Å². The Morgan fingerprint density at radius 1 is 1.47 bits per heavy atom. The van der Waals surface area contributed by atoms with Gasteiger partial charge in [0.25, 0.3) is 0 Å². The summed E-state index contributed by atoms with van der Waals surface area (Å²) in [6.45, 7) is 2.24. The standard InChI is InChI=1S/C12H20N4O/c1-2-9-4-3-5-10(6-9)17-12-7-11(16-13)14-8-15-12/h7-10H,2-6,13H2,1H3,(H,14,15,16). The van der Waals surface area contributed by atoms with Crippen molar-refractivity contribution in [2.75, 3.05) is 5.43 Å². The summed E-state index contributed by atoms with van der Waals surface area (Å²) < 4.78 is 5.88. The van der Waals surface area contributed by atoms with Crippen molar-refractivity contribution in [1.29, 1.82) is 0 Å². The van der Waals surface area contributed by atoms with Gasteiger partial charge in [0.15, 0.2) is 0 Å². The molecule has 1 aliphatic carbocycles. The summed E-state index contributed by atoms with van der Waals surface area (Å²) in [4.78, 5) is 8.06. The van der Waals surface area contributed by atoms with Crippen molar-refractivity contribution in [1.82, 2.24) is 9.97 Å². The lowest BCUT2D eigenvalue weighted by Gasteiger charge is -2.28. The van der Waals surface area contributed by atoms with Crippen LogP contribution in [-0.2, 0) is 0 Å². The predicted molar refractivity (Wildman–Crippen MR) is 66.5 cm³/mol. The first-order valence-electron chi connectivity index (χ1n) is 6.27. The molecule has 0 spiro atoms. The molecule has 0 aliphatic heterocycles. The van der Waals surface area contributed by atoms with E-state index in [4.69, 9.17) is 10.6 Å². The number of rotatable bonds is 4. The molecule has 17 heavy (non-hydrogen) atoms. The largest absolute Gasteiger partial charge is 0.474 e. The third-order valence-corrected chi connectivity index (χ3v) is 3.39. The summed E-state index contributed by atoms with van der Waals surface area (Å²) in [5.41, 5.74) is 2.49. The molecular formula is C12H20N4O. The van der Waals surface area contributed by atoms with Crippen LogP contribution >= 0.6 is 0 Å². The Balaban J connectivity index is 1.95. The zero-order valence-corrected chi connectivity index (χ0v) is 10.2. The van der Waals surface area contributed by atoms with Crippen molar-refractivity contribution in [2.45, 2.75) is 45.1 Å². The van der Waals surface area contributed by atoms with Crippen molar-refractivity contribution < 1.29 is 4.74 Å². The lowest BCUT2D eigenvalue weighted by molar-refractivity contribution is 0.117. The zero-order valence-electron chi connectivity index (χ0n) is 10.2. The summed E-state index contributed by atoms with van der Waals surface area (Å²) in [6, 6.07) is 1.73. The van der Waals surface area contributed by atoms with E-state index >= 15 is 0 Å². The molecular weight excluding hydrogens is 216 g/mol. The minimum atomic E-state index is 0.286. The molecule has 0 radical (unpaired) electrons. The molecule has 2 unspecified atom stereocenters. The highest BCUT2D eigenvalue weighted by atomic mass is 16.5. The lowest BCUT2D eigenvalue weighted by Crippen LogP contribution is -2.25. The number of anilines is 1. The second-order valence-corrected chi connectivity index (χ2v) is 4.57. The summed E-state index contributed by atoms with van der Waals surface area (Å²) in [6.07, 6.45) is 7.81. The Morgan fingerprint density at radius 3 is 3.12 bits per heavy atom. The van der Waals surface area contributed by atoms with Crippen molar-refractivity contribution in [3.63, 3.8) is 0 Å². The van der Waals surface area contributed by atoms with E-state index in [9.17, 15) is 0 Å². The number of nitrogens with two attached hydrogens (primary N) is 1. The molecule has 2 atom stereocenters. The maximum absolute atomic E-state index is 5.88. The molecule has 94 valence electrons. The maximum Gasteiger partial charge on any atom is 0.218 e. The smallest absolute Gasteiger partial charge is 0.218 e. The van der Waals surface area contributed by atoms with Gasteiger partial charge in [-0.15, -0.1) is 0 Å². The molecule has 0 amide bonds. The van der Waals surface area contributed by atoms with Crippen LogP contribution in [0.15, 0.2) is 12.4 Å². The highest BCUT2D eigenvalue weighted by molar-refractivity contribution is 5.35. The van der Waals surface area contributed by atoms with Gasteiger partial charge in [0.05, 0.1) is 0 Å². The summed E-state index contributed by atoms with van der Waals surface area (Å²) in [7, 11) is 0. The Morgan fingerprint density at radius 2 is 2.35 bits per heavy atom. The molecule has 1 fully saturated rings. The van der Waals surface area contributed by atoms with E-state index in [1.54, 1.807) is 6.07 Å². The van der Waals surface area contributed by atoms with Crippen LogP contribution < -0.4 is 16.0 Å². The van der Waals surface area contributed by atoms with Gasteiger partial charge >= 0.3 is 0 Å². The van der Waals surface area contributed by atoms with Crippen molar-refractivity contribution in [2.24, 2.45) is 11.8 Å². The number of hydrogen-bond acceptors (Lipinski definition) is 5. The Kier molecular flexibility index (Phi) is 4.14. The van der Waals surface area contributed by atoms with E-state index in [0.717, 1.165) is 18.8 Å². The van der Waals surface area contributed by atoms with Gasteiger partial charge in [-0.3, -0.25) is 0 Å². The SMILES string of the molecule is CCC1CCCC(Oc2cc(NN)ncn2)C1. The highest BCUT2D eigenvalue weighted by Crippen LogP contribution is 2.29. The van der Waals surface area contributed by atoms with E-state index in [0.29, 0.717) is 11.7 Å². The van der Waals surface area contributed by atoms with E-state index in [2.05, 4.69) is 22.3 Å². The van der Waals surface area contributed by atoms with Gasteiger partial charge in [-0.25, -0.2) is 15.8 Å². The molecule has 1 aromatic heterocycles. The first kappa shape index (κ1) is 12.1. The number of nitrogen functional groups attached to an aromatic ring is 1. The molecule has 5 heteroatoms. The van der Waals surface area contributed by atoms with E-state index in [-0.39, 0.29) is 6.10 Å². The fourth-order valence-electron chi connectivity index (χ4n) is 2.37. The van der Waals surface area contributed by atoms with Gasteiger partial charge < -0.3 is 10.2 Å². The molecule has 3 N–H and O–H groups in total. The molecule has 5 nitrogen and oxygen atoms in total. The summed E-state index contributed by atoms with van der Waals surface area (Å²) in [5, 5.41) is 0. The normalized spacial score (nSPS) is 24.4. The maximum atomic E-state index is 5.88. The van der Waals surface area contributed by atoms with Crippen LogP contribution in [-0.4, -0.2) is 16.1 Å². The Bertz CT molecular complexity index is 358. The van der Waals surface area contributed by atoms with Gasteiger partial charge in [-0.1, -0.05) is 19.8 Å². The van der Waals surface area contributed by atoms with Crippen molar-refractivity contribution in [3.8, 4) is 5.88 Å². The quantitative estimate of drug-likeness (QED) is 0.618. The summed E-state index contributed by atoms with van der Waals surface area (Å²) >= 11 is 0. The second-order valence-electron chi connectivity index (χ2n) is 4.57. The lowest BCUT2D eigenvalue weighted by atomic mass is 9.85. The van der Waals surface area contributed by atoms with Gasteiger partial charge in [0.1, 0.15) is 18.2 Å². The molecule has 1 aliphatic rings. The van der Waals surface area contributed by atoms with E-state index in [1.807, 2.05) is 0 Å². The molecule has 1 saturated carbocycles. The number of nitrogens with one attached hydrogen (secondary N) is 1. The van der Waals surface area contributed by atoms with Crippen LogP contribution in [0.2, 0.25) is 0 Å². The fourth-order valence-corrected chi connectivity index (χ4v) is 2.37. The first-order valence-corrected chi connectivity index (χ1v) is 6.27. The average Bonchev–Trinajstić information content (AvgIpc) is 2.39. The van der Waals surface area contributed by atoms with Crippen LogP contribution in [0.25, 0.3) is 0 Å². The van der Waals surface area contributed by atoms with Crippen LogP contribution in [0.4, 0.5) is 5.82 Å². The van der Waals surface area contributed by atoms with Gasteiger partial charge in [0, 0.05) is 6.07 Å². The van der Waals surface area contributed by atoms with Crippen LogP contribution in [0.1, 0.15) is 39.0 Å². The highest BCUT2D eigenvalue weighted by Gasteiger charge is 2.22. The topological polar surface area (TPSA) is 73.1 Å². The number of ether oxygens (including phenoxy) is 1. The number of hydrazine groups is 1. The zero-order chi connectivity index (χ0) is 12.1. The molecule has 0 bridgehead atoms. The summed E-state index contributed by atoms with van der Waals surface area (Å²) in [5.74, 6) is 7.28. The van der Waals surface area contributed by atoms with Crippen molar-refractivity contribution >= 4 is 5.82 Å². The molecule has 1 heterocycles. The molecule has 2 rings (SSSR count). The third kappa shape index (κ3) is 3.30. The molecule has 0 aromatic carbocycles. The number of aromatic nitrogens is 2.